The van der Waals surface area contributed by atoms with Crippen molar-refractivity contribution in [1.82, 2.24) is 0 Å². The number of halogens is 1. The van der Waals surface area contributed by atoms with Gasteiger partial charge in [0.25, 0.3) is 5.91 Å². The fourth-order valence-corrected chi connectivity index (χ4v) is 3.16. The largest absolute Gasteiger partial charge is 0.495 e. The number of hydrogen-bond donors (Lipinski definition) is 2. The van der Waals surface area contributed by atoms with Crippen LogP contribution in [0.15, 0.2) is 41.3 Å². The summed E-state index contributed by atoms with van der Waals surface area (Å²) in [7, 11) is 1.52. The summed E-state index contributed by atoms with van der Waals surface area (Å²) in [6.45, 7) is 0. The van der Waals surface area contributed by atoms with Crippen LogP contribution in [0.5, 0.6) is 5.75 Å². The van der Waals surface area contributed by atoms with E-state index in [4.69, 9.17) is 16.3 Å². The smallest absolute Gasteiger partial charge is 0.255 e. The van der Waals surface area contributed by atoms with Gasteiger partial charge in [-0.3, -0.25) is 9.59 Å². The van der Waals surface area contributed by atoms with E-state index in [1.807, 2.05) is 6.07 Å². The van der Waals surface area contributed by atoms with Crippen molar-refractivity contribution >= 4 is 46.6 Å². The Bertz CT molecular complexity index is 795. The van der Waals surface area contributed by atoms with Gasteiger partial charge < -0.3 is 15.4 Å². The van der Waals surface area contributed by atoms with Crippen molar-refractivity contribution in [2.45, 2.75) is 4.90 Å². The molecule has 0 unspecified atom stereocenters. The highest BCUT2D eigenvalue weighted by atomic mass is 35.5. The van der Waals surface area contributed by atoms with Gasteiger partial charge in [0, 0.05) is 15.5 Å². The molecule has 0 fully saturated rings. The number of thioether (sulfide) groups is 1. The molecule has 0 saturated heterocycles. The molecule has 3 rings (SSSR count). The number of ether oxygens (including phenoxy) is 1. The third kappa shape index (κ3) is 3.43. The van der Waals surface area contributed by atoms with E-state index in [2.05, 4.69) is 10.6 Å². The van der Waals surface area contributed by atoms with E-state index in [9.17, 15) is 9.59 Å². The molecule has 0 radical (unpaired) electrons. The normalized spacial score (nSPS) is 13.0. The molecule has 0 bridgehead atoms. The first-order valence-corrected chi connectivity index (χ1v) is 8.15. The van der Waals surface area contributed by atoms with Crippen molar-refractivity contribution in [1.29, 1.82) is 0 Å². The standard InChI is InChI=1S/C16H13ClN2O3S/c1-22-13-4-3-10(17)7-11(13)19-16(21)9-2-5-14-12(6-9)18-15(20)8-23-14/h2-7H,8H2,1H3,(H,18,20)(H,19,21). The fraction of sp³-hybridized carbons (Fsp3) is 0.125. The minimum atomic E-state index is -0.307. The summed E-state index contributed by atoms with van der Waals surface area (Å²) in [5, 5.41) is 6.03. The number of amides is 2. The molecule has 23 heavy (non-hydrogen) atoms. The van der Waals surface area contributed by atoms with Gasteiger partial charge in [-0.05, 0) is 36.4 Å². The SMILES string of the molecule is COc1ccc(Cl)cc1NC(=O)c1ccc2c(c1)NC(=O)CS2. The molecule has 2 aromatic rings. The average molecular weight is 349 g/mol. The van der Waals surface area contributed by atoms with Crippen molar-refractivity contribution in [3.8, 4) is 5.75 Å². The summed E-state index contributed by atoms with van der Waals surface area (Å²) in [5.41, 5.74) is 1.58. The minimum absolute atomic E-state index is 0.0726. The van der Waals surface area contributed by atoms with E-state index < -0.39 is 0 Å². The Balaban J connectivity index is 1.85. The number of benzene rings is 2. The lowest BCUT2D eigenvalue weighted by atomic mass is 10.1. The first kappa shape index (κ1) is 15.7. The van der Waals surface area contributed by atoms with E-state index in [1.165, 1.54) is 18.9 Å². The van der Waals surface area contributed by atoms with Crippen LogP contribution < -0.4 is 15.4 Å². The van der Waals surface area contributed by atoms with Gasteiger partial charge in [-0.2, -0.15) is 0 Å². The summed E-state index contributed by atoms with van der Waals surface area (Å²) >= 11 is 7.41. The lowest BCUT2D eigenvalue weighted by molar-refractivity contribution is -0.113. The Morgan fingerprint density at radius 3 is 2.91 bits per heavy atom. The molecule has 118 valence electrons. The van der Waals surface area contributed by atoms with E-state index in [1.54, 1.807) is 30.3 Å². The predicted octanol–water partition coefficient (Wildman–Crippen LogP) is 3.65. The number of anilines is 2. The van der Waals surface area contributed by atoms with Crippen LogP contribution in [0.25, 0.3) is 0 Å². The Labute approximate surface area is 142 Å². The highest BCUT2D eigenvalue weighted by molar-refractivity contribution is 8.00. The molecule has 5 nitrogen and oxygen atoms in total. The van der Waals surface area contributed by atoms with Gasteiger partial charge >= 0.3 is 0 Å². The second-order valence-electron chi connectivity index (χ2n) is 4.85. The van der Waals surface area contributed by atoms with Crippen molar-refractivity contribution in [3.05, 3.63) is 47.0 Å². The molecule has 7 heteroatoms. The number of fused-ring (bicyclic) bond motifs is 1. The molecule has 2 N–H and O–H groups in total. The van der Waals surface area contributed by atoms with E-state index in [0.29, 0.717) is 33.5 Å². The molecule has 2 amide bonds. The van der Waals surface area contributed by atoms with Gasteiger partial charge in [0.05, 0.1) is 24.2 Å². The highest BCUT2D eigenvalue weighted by Gasteiger charge is 2.18. The van der Waals surface area contributed by atoms with Gasteiger partial charge in [0.15, 0.2) is 0 Å². The second-order valence-corrected chi connectivity index (χ2v) is 6.30. The van der Waals surface area contributed by atoms with Crippen LogP contribution in [0, 0.1) is 0 Å². The molecule has 0 spiro atoms. The number of rotatable bonds is 3. The fourth-order valence-electron chi connectivity index (χ4n) is 2.20. The maximum Gasteiger partial charge on any atom is 0.255 e. The molecule has 1 aliphatic rings. The van der Waals surface area contributed by atoms with Crippen LogP contribution in [0.3, 0.4) is 0 Å². The summed E-state index contributed by atoms with van der Waals surface area (Å²) in [6, 6.07) is 10.2. The average Bonchev–Trinajstić information content (AvgIpc) is 2.54. The van der Waals surface area contributed by atoms with Crippen LogP contribution in [0.1, 0.15) is 10.4 Å². The molecule has 2 aromatic carbocycles. The Morgan fingerprint density at radius 2 is 2.13 bits per heavy atom. The first-order chi connectivity index (χ1) is 11.1. The molecule has 0 saturated carbocycles. The lowest BCUT2D eigenvalue weighted by Gasteiger charge is -2.17. The summed E-state index contributed by atoms with van der Waals surface area (Å²) in [5.74, 6) is 0.525. The number of hydrogen-bond acceptors (Lipinski definition) is 4. The Hall–Kier alpha value is -2.18. The van der Waals surface area contributed by atoms with Crippen molar-refractivity contribution in [2.75, 3.05) is 23.5 Å². The molecular weight excluding hydrogens is 336 g/mol. The minimum Gasteiger partial charge on any atom is -0.495 e. The summed E-state index contributed by atoms with van der Waals surface area (Å²) < 4.78 is 5.21. The molecule has 0 aromatic heterocycles. The Morgan fingerprint density at radius 1 is 1.30 bits per heavy atom. The zero-order chi connectivity index (χ0) is 16.4. The third-order valence-corrected chi connectivity index (χ3v) is 4.59. The zero-order valence-corrected chi connectivity index (χ0v) is 13.8. The second kappa shape index (κ2) is 6.52. The molecule has 0 aliphatic carbocycles. The quantitative estimate of drug-likeness (QED) is 0.888. The van der Waals surface area contributed by atoms with Crippen LogP contribution in [0.2, 0.25) is 5.02 Å². The topological polar surface area (TPSA) is 67.4 Å². The molecule has 1 aliphatic heterocycles. The lowest BCUT2D eigenvalue weighted by Crippen LogP contribution is -2.20. The van der Waals surface area contributed by atoms with Crippen molar-refractivity contribution in [2.24, 2.45) is 0 Å². The van der Waals surface area contributed by atoms with Crippen LogP contribution >= 0.6 is 23.4 Å². The zero-order valence-electron chi connectivity index (χ0n) is 12.2. The maximum absolute atomic E-state index is 12.4. The Kier molecular flexibility index (Phi) is 4.45. The summed E-state index contributed by atoms with van der Waals surface area (Å²) in [4.78, 5) is 24.8. The maximum atomic E-state index is 12.4. The monoisotopic (exact) mass is 348 g/mol. The molecule has 0 atom stereocenters. The van der Waals surface area contributed by atoms with Crippen molar-refractivity contribution in [3.63, 3.8) is 0 Å². The van der Waals surface area contributed by atoms with Crippen LogP contribution in [-0.4, -0.2) is 24.7 Å². The van der Waals surface area contributed by atoms with E-state index >= 15 is 0 Å². The van der Waals surface area contributed by atoms with E-state index in [-0.39, 0.29) is 11.8 Å². The number of methoxy groups -OCH3 is 1. The first-order valence-electron chi connectivity index (χ1n) is 6.78. The molecular formula is C16H13ClN2O3S. The number of nitrogens with one attached hydrogen (secondary N) is 2. The third-order valence-electron chi connectivity index (χ3n) is 3.28. The van der Waals surface area contributed by atoms with Crippen molar-refractivity contribution < 1.29 is 14.3 Å². The van der Waals surface area contributed by atoms with Crippen LogP contribution in [0.4, 0.5) is 11.4 Å². The van der Waals surface area contributed by atoms with Gasteiger partial charge in [0.2, 0.25) is 5.91 Å². The van der Waals surface area contributed by atoms with Crippen LogP contribution in [-0.2, 0) is 4.79 Å². The summed E-state index contributed by atoms with van der Waals surface area (Å²) in [6.07, 6.45) is 0. The van der Waals surface area contributed by atoms with Gasteiger partial charge in [-0.15, -0.1) is 11.8 Å². The van der Waals surface area contributed by atoms with E-state index in [0.717, 1.165) is 4.90 Å². The van der Waals surface area contributed by atoms with Gasteiger partial charge in [0.1, 0.15) is 5.75 Å². The number of carbonyl (C=O) groups excluding carboxylic acids is 2. The van der Waals surface area contributed by atoms with Gasteiger partial charge in [-0.1, -0.05) is 11.6 Å². The predicted molar refractivity (Wildman–Crippen MR) is 91.8 cm³/mol. The highest BCUT2D eigenvalue weighted by Crippen LogP contribution is 2.33. The molecule has 1 heterocycles. The van der Waals surface area contributed by atoms with Gasteiger partial charge in [-0.25, -0.2) is 0 Å². The number of carbonyl (C=O) groups is 2.